The summed E-state index contributed by atoms with van der Waals surface area (Å²) in [6.07, 6.45) is 7.07. The first-order valence-electron chi connectivity index (χ1n) is 4.77. The van der Waals surface area contributed by atoms with Gasteiger partial charge in [-0.05, 0) is 6.42 Å². The summed E-state index contributed by atoms with van der Waals surface area (Å²) in [6, 6.07) is 0. The van der Waals surface area contributed by atoms with Crippen molar-refractivity contribution in [2.75, 3.05) is 32.9 Å². The molecule has 0 radical (unpaired) electrons. The van der Waals surface area contributed by atoms with E-state index < -0.39 is 0 Å². The molecular weight excluding hydrogens is 166 g/mol. The highest BCUT2D eigenvalue weighted by Crippen LogP contribution is 1.97. The maximum Gasteiger partial charge on any atom is 0.0933 e. The zero-order valence-electron chi connectivity index (χ0n) is 7.92. The maximum atomic E-state index is 5.46. The lowest BCUT2D eigenvalue weighted by Gasteiger charge is -2.23. The quantitative estimate of drug-likeness (QED) is 0.494. The van der Waals surface area contributed by atoms with Gasteiger partial charge in [0, 0.05) is 26.1 Å². The van der Waals surface area contributed by atoms with Crippen molar-refractivity contribution < 1.29 is 9.47 Å². The van der Waals surface area contributed by atoms with Gasteiger partial charge in [0.1, 0.15) is 0 Å². The minimum atomic E-state index is 0.222. The van der Waals surface area contributed by atoms with Gasteiger partial charge in [0.2, 0.25) is 0 Å². The summed E-state index contributed by atoms with van der Waals surface area (Å²) < 4.78 is 10.9. The summed E-state index contributed by atoms with van der Waals surface area (Å²) in [5, 5.41) is 3.25. The van der Waals surface area contributed by atoms with E-state index in [0.29, 0.717) is 6.61 Å². The third-order valence-corrected chi connectivity index (χ3v) is 1.92. The van der Waals surface area contributed by atoms with Crippen molar-refractivity contribution in [3.8, 4) is 12.3 Å². The molecule has 0 aromatic carbocycles. The molecule has 1 aliphatic rings. The van der Waals surface area contributed by atoms with Gasteiger partial charge in [-0.2, -0.15) is 0 Å². The van der Waals surface area contributed by atoms with Crippen LogP contribution in [0.25, 0.3) is 0 Å². The van der Waals surface area contributed by atoms with Gasteiger partial charge in [-0.25, -0.2) is 0 Å². The zero-order valence-corrected chi connectivity index (χ0v) is 7.92. The van der Waals surface area contributed by atoms with Gasteiger partial charge in [0.15, 0.2) is 0 Å². The van der Waals surface area contributed by atoms with Crippen LogP contribution in [0.4, 0.5) is 0 Å². The minimum Gasteiger partial charge on any atom is -0.379 e. The number of rotatable bonds is 5. The van der Waals surface area contributed by atoms with Crippen molar-refractivity contribution in [1.82, 2.24) is 5.32 Å². The minimum absolute atomic E-state index is 0.222. The number of unbranched alkanes of at least 4 members (excludes halogenated alkanes) is 1. The lowest BCUT2D eigenvalue weighted by Crippen LogP contribution is -2.41. The van der Waals surface area contributed by atoms with Crippen molar-refractivity contribution in [3.05, 3.63) is 0 Å². The first-order valence-corrected chi connectivity index (χ1v) is 4.77. The second-order valence-electron chi connectivity index (χ2n) is 3.08. The van der Waals surface area contributed by atoms with Gasteiger partial charge in [-0.3, -0.25) is 0 Å². The van der Waals surface area contributed by atoms with Crippen LogP contribution in [-0.2, 0) is 9.47 Å². The van der Waals surface area contributed by atoms with E-state index in [1.807, 2.05) is 0 Å². The Kier molecular flexibility index (Phi) is 5.59. The summed E-state index contributed by atoms with van der Waals surface area (Å²) in [7, 11) is 0. The third-order valence-electron chi connectivity index (χ3n) is 1.92. The highest BCUT2D eigenvalue weighted by atomic mass is 16.5. The van der Waals surface area contributed by atoms with Crippen LogP contribution in [0.1, 0.15) is 12.8 Å². The van der Waals surface area contributed by atoms with E-state index in [4.69, 9.17) is 15.9 Å². The zero-order chi connectivity index (χ0) is 9.36. The molecule has 0 amide bonds. The molecule has 1 N–H and O–H groups in total. The highest BCUT2D eigenvalue weighted by Gasteiger charge is 2.12. The standard InChI is InChI=1S/C10H17NO2/c1-2-3-4-6-12-9-10-8-11-5-7-13-10/h1,10-11H,3-9H2. The average molecular weight is 183 g/mol. The Morgan fingerprint density at radius 1 is 1.62 bits per heavy atom. The molecule has 0 bridgehead atoms. The van der Waals surface area contributed by atoms with Crippen LogP contribution >= 0.6 is 0 Å². The number of nitrogens with one attached hydrogen (secondary N) is 1. The fraction of sp³-hybridized carbons (Fsp3) is 0.800. The molecule has 1 rings (SSSR count). The monoisotopic (exact) mass is 183 g/mol. The van der Waals surface area contributed by atoms with E-state index in [2.05, 4.69) is 11.2 Å². The van der Waals surface area contributed by atoms with Crippen LogP contribution in [0, 0.1) is 12.3 Å². The van der Waals surface area contributed by atoms with Crippen LogP contribution in [0.15, 0.2) is 0 Å². The first kappa shape index (κ1) is 10.5. The SMILES string of the molecule is C#CCCCOCC1CNCCO1. The lowest BCUT2D eigenvalue weighted by molar-refractivity contribution is -0.0315. The predicted molar refractivity (Wildman–Crippen MR) is 51.5 cm³/mol. The smallest absolute Gasteiger partial charge is 0.0933 e. The van der Waals surface area contributed by atoms with Gasteiger partial charge >= 0.3 is 0 Å². The summed E-state index contributed by atoms with van der Waals surface area (Å²) in [6.45, 7) is 4.06. The fourth-order valence-corrected chi connectivity index (χ4v) is 1.22. The number of terminal acetylenes is 1. The molecular formula is C10H17NO2. The largest absolute Gasteiger partial charge is 0.379 e. The first-order chi connectivity index (χ1) is 6.43. The van der Waals surface area contributed by atoms with E-state index in [0.717, 1.165) is 39.1 Å². The van der Waals surface area contributed by atoms with Crippen molar-refractivity contribution in [2.45, 2.75) is 18.9 Å². The van der Waals surface area contributed by atoms with E-state index in [1.165, 1.54) is 0 Å². The highest BCUT2D eigenvalue weighted by molar-refractivity contribution is 4.82. The number of ether oxygens (including phenoxy) is 2. The molecule has 0 aromatic rings. The average Bonchev–Trinajstić information content (AvgIpc) is 2.19. The number of hydrogen-bond acceptors (Lipinski definition) is 3. The third kappa shape index (κ3) is 4.89. The molecule has 1 fully saturated rings. The van der Waals surface area contributed by atoms with Gasteiger partial charge in [-0.15, -0.1) is 12.3 Å². The molecule has 1 unspecified atom stereocenters. The Balaban J connectivity index is 1.90. The molecule has 0 aromatic heterocycles. The van der Waals surface area contributed by atoms with Gasteiger partial charge in [0.05, 0.1) is 19.3 Å². The Bertz CT molecular complexity index is 159. The number of morpholine rings is 1. The van der Waals surface area contributed by atoms with Gasteiger partial charge < -0.3 is 14.8 Å². The Morgan fingerprint density at radius 3 is 3.23 bits per heavy atom. The molecule has 1 aliphatic heterocycles. The Labute approximate surface area is 79.8 Å². The molecule has 0 spiro atoms. The molecule has 1 saturated heterocycles. The summed E-state index contributed by atoms with van der Waals surface area (Å²) in [5.74, 6) is 2.58. The molecule has 3 nitrogen and oxygen atoms in total. The van der Waals surface area contributed by atoms with Crippen molar-refractivity contribution in [1.29, 1.82) is 0 Å². The molecule has 1 heterocycles. The molecule has 3 heteroatoms. The van der Waals surface area contributed by atoms with E-state index in [1.54, 1.807) is 0 Å². The topological polar surface area (TPSA) is 30.5 Å². The van der Waals surface area contributed by atoms with Crippen LogP contribution in [0.5, 0.6) is 0 Å². The summed E-state index contributed by atoms with van der Waals surface area (Å²) >= 11 is 0. The maximum absolute atomic E-state index is 5.46. The van der Waals surface area contributed by atoms with Gasteiger partial charge in [0.25, 0.3) is 0 Å². The molecule has 13 heavy (non-hydrogen) atoms. The second kappa shape index (κ2) is 6.90. The van der Waals surface area contributed by atoms with Crippen molar-refractivity contribution in [2.24, 2.45) is 0 Å². The Hall–Kier alpha value is -0.560. The lowest BCUT2D eigenvalue weighted by atomic mass is 10.3. The van der Waals surface area contributed by atoms with E-state index in [9.17, 15) is 0 Å². The fourth-order valence-electron chi connectivity index (χ4n) is 1.22. The van der Waals surface area contributed by atoms with E-state index in [-0.39, 0.29) is 6.10 Å². The normalized spacial score (nSPS) is 22.5. The van der Waals surface area contributed by atoms with Crippen LogP contribution in [0.2, 0.25) is 0 Å². The van der Waals surface area contributed by atoms with Crippen molar-refractivity contribution in [3.63, 3.8) is 0 Å². The Morgan fingerprint density at radius 2 is 2.54 bits per heavy atom. The molecule has 0 aliphatic carbocycles. The summed E-state index contributed by atoms with van der Waals surface area (Å²) in [5.41, 5.74) is 0. The predicted octanol–water partition coefficient (Wildman–Crippen LogP) is 0.405. The van der Waals surface area contributed by atoms with Crippen LogP contribution < -0.4 is 5.32 Å². The van der Waals surface area contributed by atoms with Crippen molar-refractivity contribution >= 4 is 0 Å². The molecule has 74 valence electrons. The second-order valence-corrected chi connectivity index (χ2v) is 3.08. The molecule has 0 saturated carbocycles. The summed E-state index contributed by atoms with van der Waals surface area (Å²) in [4.78, 5) is 0. The van der Waals surface area contributed by atoms with E-state index >= 15 is 0 Å². The van der Waals surface area contributed by atoms with Crippen LogP contribution in [0.3, 0.4) is 0 Å². The number of hydrogen-bond donors (Lipinski definition) is 1. The van der Waals surface area contributed by atoms with Gasteiger partial charge in [-0.1, -0.05) is 0 Å². The van der Waals surface area contributed by atoms with Crippen LogP contribution in [-0.4, -0.2) is 39.0 Å². The molecule has 1 atom stereocenters.